The fourth-order valence-corrected chi connectivity index (χ4v) is 11.2. The zero-order valence-electron chi connectivity index (χ0n) is 27.3. The first kappa shape index (κ1) is 32.9. The number of likely N-dealkylation sites (N-methyl/N-ethyl adjacent to an activating group) is 1. The second-order valence-corrected chi connectivity index (χ2v) is 17.5. The van der Waals surface area contributed by atoms with E-state index in [2.05, 4.69) is 84.4 Å². The van der Waals surface area contributed by atoms with Gasteiger partial charge in [0, 0.05) is 44.9 Å². The van der Waals surface area contributed by atoms with Crippen molar-refractivity contribution >= 4 is 30.6 Å². The van der Waals surface area contributed by atoms with E-state index in [1.165, 1.54) is 10.4 Å². The molecular formula is C34H48N6O4Si. The second-order valence-electron chi connectivity index (χ2n) is 13.2. The summed E-state index contributed by atoms with van der Waals surface area (Å²) in [5.74, 6) is 0.865. The Morgan fingerprint density at radius 2 is 1.69 bits per heavy atom. The van der Waals surface area contributed by atoms with Crippen molar-refractivity contribution in [3.05, 3.63) is 71.9 Å². The average molecular weight is 633 g/mol. The number of aromatic nitrogens is 2. The van der Waals surface area contributed by atoms with Gasteiger partial charge in [-0.2, -0.15) is 9.97 Å². The summed E-state index contributed by atoms with van der Waals surface area (Å²) >= 11 is 0. The SMILES string of the molecule is CN(C)CCOc1nc2c(c(N3CCN(C(=O)O)C(CCO[Si](c4ccccc4)(c4ccccc4)C(C)(C)C)C3)n1)CCNC2. The largest absolute Gasteiger partial charge is 0.465 e. The minimum absolute atomic E-state index is 0.155. The van der Waals surface area contributed by atoms with Crippen LogP contribution in [0, 0.1) is 0 Å². The Kier molecular flexibility index (Phi) is 10.4. The molecule has 0 radical (unpaired) electrons. The number of hydrogen-bond acceptors (Lipinski definition) is 8. The van der Waals surface area contributed by atoms with Crippen molar-refractivity contribution in [3.63, 3.8) is 0 Å². The molecule has 1 aromatic heterocycles. The fourth-order valence-electron chi connectivity index (χ4n) is 6.62. The molecule has 2 aliphatic rings. The number of piperazine rings is 1. The number of anilines is 1. The number of carboxylic acid groups (broad SMARTS) is 1. The Morgan fingerprint density at radius 1 is 1.02 bits per heavy atom. The van der Waals surface area contributed by atoms with Crippen LogP contribution in [-0.2, 0) is 17.4 Å². The lowest BCUT2D eigenvalue weighted by atomic mass is 10.0. The number of nitrogens with one attached hydrogen (secondary N) is 1. The van der Waals surface area contributed by atoms with Crippen LogP contribution in [0.4, 0.5) is 10.6 Å². The van der Waals surface area contributed by atoms with Crippen LogP contribution in [0.15, 0.2) is 60.7 Å². The number of carbonyl (C=O) groups is 1. The molecule has 2 aromatic carbocycles. The maximum absolute atomic E-state index is 12.4. The van der Waals surface area contributed by atoms with Crippen LogP contribution in [0.5, 0.6) is 6.01 Å². The van der Waals surface area contributed by atoms with E-state index in [1.54, 1.807) is 4.90 Å². The summed E-state index contributed by atoms with van der Waals surface area (Å²) in [4.78, 5) is 27.9. The van der Waals surface area contributed by atoms with Crippen molar-refractivity contribution in [2.75, 3.05) is 64.9 Å². The van der Waals surface area contributed by atoms with Gasteiger partial charge in [-0.1, -0.05) is 81.4 Å². The predicted molar refractivity (Wildman–Crippen MR) is 180 cm³/mol. The van der Waals surface area contributed by atoms with Gasteiger partial charge >= 0.3 is 12.1 Å². The number of rotatable bonds is 11. The van der Waals surface area contributed by atoms with Gasteiger partial charge in [0.2, 0.25) is 0 Å². The fraction of sp³-hybridized carbons (Fsp3) is 0.500. The molecule has 0 aliphatic carbocycles. The Morgan fingerprint density at radius 3 is 2.29 bits per heavy atom. The van der Waals surface area contributed by atoms with Crippen molar-refractivity contribution in [2.45, 2.75) is 51.2 Å². The molecule has 10 nitrogen and oxygen atoms in total. The zero-order chi connectivity index (χ0) is 32.0. The molecule has 1 saturated heterocycles. The molecular weight excluding hydrogens is 584 g/mol. The highest BCUT2D eigenvalue weighted by atomic mass is 28.4. The van der Waals surface area contributed by atoms with E-state index in [-0.39, 0.29) is 11.1 Å². The summed E-state index contributed by atoms with van der Waals surface area (Å²) in [6, 6.07) is 21.3. The van der Waals surface area contributed by atoms with Gasteiger partial charge < -0.3 is 34.3 Å². The highest BCUT2D eigenvalue weighted by Gasteiger charge is 2.50. The van der Waals surface area contributed by atoms with Crippen molar-refractivity contribution in [2.24, 2.45) is 0 Å². The standard InChI is InChI=1S/C34H48N6O4Si/c1-34(2,3)45(27-12-8-6-9-13-27,28-14-10-7-11-15-28)44-22-17-26-25-39(19-20-40(26)33(41)42)31-29-16-18-35-24-30(29)36-32(37-31)43-23-21-38(4)5/h6-15,26,35H,16-25H2,1-5H3,(H,41,42). The van der Waals surface area contributed by atoms with Crippen LogP contribution in [-0.4, -0.2) is 105 Å². The van der Waals surface area contributed by atoms with Gasteiger partial charge in [0.15, 0.2) is 0 Å². The van der Waals surface area contributed by atoms with E-state index in [0.29, 0.717) is 51.8 Å². The maximum Gasteiger partial charge on any atom is 0.407 e. The van der Waals surface area contributed by atoms with Crippen molar-refractivity contribution in [1.29, 1.82) is 0 Å². The van der Waals surface area contributed by atoms with Crippen LogP contribution in [0.2, 0.25) is 5.04 Å². The topological polar surface area (TPSA) is 103 Å². The highest BCUT2D eigenvalue weighted by Crippen LogP contribution is 2.37. The third-order valence-corrected chi connectivity index (χ3v) is 13.9. The highest BCUT2D eigenvalue weighted by molar-refractivity contribution is 6.99. The molecule has 1 unspecified atom stereocenters. The molecule has 2 N–H and O–H groups in total. The van der Waals surface area contributed by atoms with Gasteiger partial charge in [-0.25, -0.2) is 4.79 Å². The zero-order valence-corrected chi connectivity index (χ0v) is 28.3. The van der Waals surface area contributed by atoms with E-state index in [4.69, 9.17) is 19.1 Å². The summed E-state index contributed by atoms with van der Waals surface area (Å²) < 4.78 is 13.1. The lowest BCUT2D eigenvalue weighted by molar-refractivity contribution is 0.108. The molecule has 0 saturated carbocycles. The molecule has 45 heavy (non-hydrogen) atoms. The minimum atomic E-state index is -2.74. The smallest absolute Gasteiger partial charge is 0.407 e. The van der Waals surface area contributed by atoms with E-state index in [1.807, 2.05) is 26.2 Å². The number of amides is 1. The molecule has 1 atom stereocenters. The molecule has 2 aliphatic heterocycles. The normalized spacial score (nSPS) is 17.3. The molecule has 3 aromatic rings. The number of fused-ring (bicyclic) bond motifs is 1. The number of hydrogen-bond donors (Lipinski definition) is 2. The molecule has 0 bridgehead atoms. The first-order valence-electron chi connectivity index (χ1n) is 16.0. The van der Waals surface area contributed by atoms with Crippen molar-refractivity contribution in [1.82, 2.24) is 25.1 Å². The first-order chi connectivity index (χ1) is 21.6. The summed E-state index contributed by atoms with van der Waals surface area (Å²) in [6.07, 6.45) is 0.504. The lowest BCUT2D eigenvalue weighted by Crippen LogP contribution is -2.67. The quantitative estimate of drug-likeness (QED) is 0.309. The second kappa shape index (κ2) is 14.3. The van der Waals surface area contributed by atoms with Gasteiger partial charge in [-0.15, -0.1) is 0 Å². The number of nitrogens with zero attached hydrogens (tertiary/aromatic N) is 5. The number of benzene rings is 2. The Hall–Kier alpha value is -3.51. The summed E-state index contributed by atoms with van der Waals surface area (Å²) in [6.45, 7) is 11.5. The van der Waals surface area contributed by atoms with E-state index >= 15 is 0 Å². The Labute approximate surface area is 268 Å². The molecule has 3 heterocycles. The molecule has 0 spiro atoms. The molecule has 242 valence electrons. The van der Waals surface area contributed by atoms with Crippen molar-refractivity contribution < 1.29 is 19.1 Å². The minimum Gasteiger partial charge on any atom is -0.465 e. The lowest BCUT2D eigenvalue weighted by Gasteiger charge is -2.44. The summed E-state index contributed by atoms with van der Waals surface area (Å²) in [7, 11) is 1.27. The van der Waals surface area contributed by atoms with Gasteiger partial charge in [0.05, 0.1) is 11.7 Å². The molecule has 1 amide bonds. The van der Waals surface area contributed by atoms with E-state index < -0.39 is 14.4 Å². The van der Waals surface area contributed by atoms with Crippen LogP contribution >= 0.6 is 0 Å². The molecule has 1 fully saturated rings. The van der Waals surface area contributed by atoms with E-state index in [0.717, 1.165) is 36.6 Å². The molecule has 11 heteroatoms. The van der Waals surface area contributed by atoms with Crippen molar-refractivity contribution in [3.8, 4) is 6.01 Å². The van der Waals surface area contributed by atoms with Crippen LogP contribution in [0.1, 0.15) is 38.4 Å². The maximum atomic E-state index is 12.4. The number of ether oxygens (including phenoxy) is 1. The van der Waals surface area contributed by atoms with Crippen LogP contribution in [0.3, 0.4) is 0 Å². The molecule has 5 rings (SSSR count). The average Bonchev–Trinajstić information content (AvgIpc) is 3.02. The van der Waals surface area contributed by atoms with Crippen LogP contribution in [0.25, 0.3) is 0 Å². The monoisotopic (exact) mass is 632 g/mol. The van der Waals surface area contributed by atoms with Gasteiger partial charge in [0.1, 0.15) is 12.4 Å². The van der Waals surface area contributed by atoms with Gasteiger partial charge in [-0.05, 0) is 48.9 Å². The summed E-state index contributed by atoms with van der Waals surface area (Å²) in [5.41, 5.74) is 2.08. The Bertz CT molecular complexity index is 1380. The first-order valence-corrected chi connectivity index (χ1v) is 17.9. The van der Waals surface area contributed by atoms with Gasteiger partial charge in [0.25, 0.3) is 8.32 Å². The third-order valence-electron chi connectivity index (χ3n) is 8.88. The Balaban J connectivity index is 1.40. The summed E-state index contributed by atoms with van der Waals surface area (Å²) in [5, 5.41) is 15.9. The third kappa shape index (κ3) is 7.32. The van der Waals surface area contributed by atoms with E-state index in [9.17, 15) is 9.90 Å². The predicted octanol–water partition coefficient (Wildman–Crippen LogP) is 3.20. The van der Waals surface area contributed by atoms with Crippen LogP contribution < -0.4 is 25.3 Å². The van der Waals surface area contributed by atoms with Gasteiger partial charge in [-0.3, -0.25) is 0 Å².